The van der Waals surface area contributed by atoms with Crippen LogP contribution in [0, 0.1) is 5.92 Å². The maximum atomic E-state index is 12.4. The summed E-state index contributed by atoms with van der Waals surface area (Å²) in [6.07, 6.45) is 0. The zero-order valence-electron chi connectivity index (χ0n) is 12.6. The van der Waals surface area contributed by atoms with Crippen LogP contribution in [0.2, 0.25) is 0 Å². The van der Waals surface area contributed by atoms with Gasteiger partial charge in [0.05, 0.1) is 4.90 Å². The van der Waals surface area contributed by atoms with Crippen LogP contribution < -0.4 is 10.0 Å². The summed E-state index contributed by atoms with van der Waals surface area (Å²) in [6.45, 7) is 6.29. The van der Waals surface area contributed by atoms with E-state index in [-0.39, 0.29) is 10.8 Å². The number of rotatable bonds is 9. The zero-order chi connectivity index (χ0) is 15.9. The van der Waals surface area contributed by atoms with Crippen LogP contribution in [0.25, 0.3) is 0 Å². The third-order valence-electron chi connectivity index (χ3n) is 2.94. The Bertz CT molecular complexity index is 549. The number of benzene rings is 1. The highest BCUT2D eigenvalue weighted by Crippen LogP contribution is 2.23. The monoisotopic (exact) mass is 378 g/mol. The van der Waals surface area contributed by atoms with Crippen LogP contribution in [0.3, 0.4) is 0 Å². The molecule has 21 heavy (non-hydrogen) atoms. The number of ether oxygens (including phenoxy) is 1. The van der Waals surface area contributed by atoms with Gasteiger partial charge in [-0.05, 0) is 46.1 Å². The Morgan fingerprint density at radius 2 is 2.10 bits per heavy atom. The molecule has 0 heterocycles. The highest BCUT2D eigenvalue weighted by Gasteiger charge is 2.19. The fraction of sp³-hybridized carbons (Fsp3) is 0.571. The fourth-order valence-corrected chi connectivity index (χ4v) is 3.98. The summed E-state index contributed by atoms with van der Waals surface area (Å²) < 4.78 is 33.0. The molecule has 1 aromatic rings. The van der Waals surface area contributed by atoms with Crippen LogP contribution in [0.5, 0.6) is 0 Å². The highest BCUT2D eigenvalue weighted by molar-refractivity contribution is 9.10. The number of halogens is 1. The van der Waals surface area contributed by atoms with Crippen molar-refractivity contribution >= 4 is 26.0 Å². The van der Waals surface area contributed by atoms with Crippen LogP contribution in [0.15, 0.2) is 27.6 Å². The summed E-state index contributed by atoms with van der Waals surface area (Å²) in [5, 5.41) is 3.18. The highest BCUT2D eigenvalue weighted by atomic mass is 79.9. The maximum absolute atomic E-state index is 12.4. The normalized spacial score (nSPS) is 13.3. The Morgan fingerprint density at radius 1 is 1.38 bits per heavy atom. The number of methoxy groups -OCH3 is 1. The van der Waals surface area contributed by atoms with Gasteiger partial charge < -0.3 is 10.1 Å². The first-order valence-electron chi connectivity index (χ1n) is 6.88. The average molecular weight is 379 g/mol. The Hall–Kier alpha value is -0.470. The van der Waals surface area contributed by atoms with Crippen LogP contribution in [0.1, 0.15) is 19.4 Å². The van der Waals surface area contributed by atoms with E-state index in [1.165, 1.54) is 0 Å². The van der Waals surface area contributed by atoms with Crippen molar-refractivity contribution in [1.29, 1.82) is 0 Å². The van der Waals surface area contributed by atoms with E-state index >= 15 is 0 Å². The first-order chi connectivity index (χ1) is 9.90. The van der Waals surface area contributed by atoms with Crippen molar-refractivity contribution in [3.63, 3.8) is 0 Å². The van der Waals surface area contributed by atoms with Crippen molar-refractivity contribution in [3.05, 3.63) is 28.2 Å². The van der Waals surface area contributed by atoms with Gasteiger partial charge in [-0.3, -0.25) is 0 Å². The number of nitrogens with one attached hydrogen (secondary N) is 2. The summed E-state index contributed by atoms with van der Waals surface area (Å²) in [7, 11) is -1.93. The summed E-state index contributed by atoms with van der Waals surface area (Å²) >= 11 is 3.31. The molecule has 0 spiro atoms. The van der Waals surface area contributed by atoms with Crippen molar-refractivity contribution in [2.24, 2.45) is 5.92 Å². The molecule has 1 rings (SSSR count). The van der Waals surface area contributed by atoms with Crippen LogP contribution in [0.4, 0.5) is 0 Å². The van der Waals surface area contributed by atoms with Gasteiger partial charge in [-0.15, -0.1) is 0 Å². The smallest absolute Gasteiger partial charge is 0.241 e. The Balaban J connectivity index is 2.86. The van der Waals surface area contributed by atoms with Gasteiger partial charge in [-0.25, -0.2) is 13.1 Å². The number of hydrogen-bond donors (Lipinski definition) is 2. The second kappa shape index (κ2) is 8.85. The van der Waals surface area contributed by atoms with E-state index in [4.69, 9.17) is 4.74 Å². The second-order valence-corrected chi connectivity index (χ2v) is 7.55. The predicted molar refractivity (Wildman–Crippen MR) is 87.8 cm³/mol. The fourth-order valence-electron chi connectivity index (χ4n) is 1.81. The maximum Gasteiger partial charge on any atom is 0.241 e. The van der Waals surface area contributed by atoms with Crippen LogP contribution in [-0.2, 0) is 21.3 Å². The lowest BCUT2D eigenvalue weighted by molar-refractivity contribution is 0.161. The topological polar surface area (TPSA) is 67.4 Å². The third kappa shape index (κ3) is 6.04. The molecule has 0 saturated heterocycles. The van der Waals surface area contributed by atoms with Gasteiger partial charge in [-0.1, -0.05) is 19.9 Å². The van der Waals surface area contributed by atoms with Crippen LogP contribution in [-0.4, -0.2) is 35.2 Å². The minimum absolute atomic E-state index is 0.119. The lowest BCUT2D eigenvalue weighted by Crippen LogP contribution is -2.30. The molecular weight excluding hydrogens is 356 g/mol. The van der Waals surface area contributed by atoms with Gasteiger partial charge in [0, 0.05) is 31.3 Å². The van der Waals surface area contributed by atoms with Gasteiger partial charge >= 0.3 is 0 Å². The van der Waals surface area contributed by atoms with Crippen molar-refractivity contribution < 1.29 is 13.2 Å². The van der Waals surface area contributed by atoms with Crippen molar-refractivity contribution in [3.8, 4) is 0 Å². The molecule has 2 N–H and O–H groups in total. The molecule has 0 amide bonds. The Labute approximate surface area is 135 Å². The molecule has 5 nitrogen and oxygen atoms in total. The van der Waals surface area contributed by atoms with Gasteiger partial charge in [0.15, 0.2) is 0 Å². The van der Waals surface area contributed by atoms with Gasteiger partial charge in [0.2, 0.25) is 10.0 Å². The molecule has 1 atom stereocenters. The van der Waals surface area contributed by atoms with E-state index in [1.54, 1.807) is 19.2 Å². The molecule has 0 aliphatic heterocycles. The van der Waals surface area contributed by atoms with E-state index in [1.807, 2.05) is 19.9 Å². The van der Waals surface area contributed by atoms with E-state index in [2.05, 4.69) is 26.0 Å². The second-order valence-electron chi connectivity index (χ2n) is 4.96. The largest absolute Gasteiger partial charge is 0.384 e. The van der Waals surface area contributed by atoms with Crippen molar-refractivity contribution in [2.75, 3.05) is 26.8 Å². The van der Waals surface area contributed by atoms with Gasteiger partial charge in [0.1, 0.15) is 0 Å². The molecule has 120 valence electrons. The SMILES string of the molecule is CCNCc1ccc(Br)c(S(=O)(=O)NCC(C)COC)c1. The first-order valence-corrected chi connectivity index (χ1v) is 9.16. The summed E-state index contributed by atoms with van der Waals surface area (Å²) in [5.74, 6) is 0.119. The lowest BCUT2D eigenvalue weighted by atomic mass is 10.2. The predicted octanol–water partition coefficient (Wildman–Crippen LogP) is 2.12. The molecule has 0 fully saturated rings. The molecule has 1 aromatic carbocycles. The molecule has 0 aromatic heterocycles. The molecule has 1 unspecified atom stereocenters. The van der Waals surface area contributed by atoms with E-state index in [9.17, 15) is 8.42 Å². The van der Waals surface area contributed by atoms with E-state index in [0.717, 1.165) is 12.1 Å². The Kier molecular flexibility index (Phi) is 7.83. The molecule has 0 radical (unpaired) electrons. The quantitative estimate of drug-likeness (QED) is 0.690. The summed E-state index contributed by atoms with van der Waals surface area (Å²) in [4.78, 5) is 0.266. The number of hydrogen-bond acceptors (Lipinski definition) is 4. The Morgan fingerprint density at radius 3 is 2.71 bits per heavy atom. The molecular formula is C14H23BrN2O3S. The van der Waals surface area contributed by atoms with Crippen molar-refractivity contribution in [2.45, 2.75) is 25.3 Å². The minimum atomic E-state index is -3.53. The standard InChI is InChI=1S/C14H23BrN2O3S/c1-4-16-9-12-5-6-13(15)14(7-12)21(18,19)17-8-11(2)10-20-3/h5-7,11,16-17H,4,8-10H2,1-3H3. The number of sulfonamides is 1. The van der Waals surface area contributed by atoms with Gasteiger partial charge in [0.25, 0.3) is 0 Å². The molecule has 0 bridgehead atoms. The lowest BCUT2D eigenvalue weighted by Gasteiger charge is -2.14. The van der Waals surface area contributed by atoms with Gasteiger partial charge in [-0.2, -0.15) is 0 Å². The van der Waals surface area contributed by atoms with Crippen LogP contribution >= 0.6 is 15.9 Å². The van der Waals surface area contributed by atoms with E-state index < -0.39 is 10.0 Å². The molecule has 0 aliphatic carbocycles. The summed E-state index contributed by atoms with van der Waals surface area (Å²) in [6, 6.07) is 5.36. The minimum Gasteiger partial charge on any atom is -0.384 e. The molecule has 7 heteroatoms. The van der Waals surface area contributed by atoms with E-state index in [0.29, 0.717) is 24.2 Å². The average Bonchev–Trinajstić information content (AvgIpc) is 2.44. The summed E-state index contributed by atoms with van der Waals surface area (Å²) in [5.41, 5.74) is 0.936. The first kappa shape index (κ1) is 18.6. The molecule has 0 saturated carbocycles. The third-order valence-corrected chi connectivity index (χ3v) is 5.35. The zero-order valence-corrected chi connectivity index (χ0v) is 15.1. The van der Waals surface area contributed by atoms with Crippen molar-refractivity contribution in [1.82, 2.24) is 10.0 Å². The molecule has 0 aliphatic rings.